The van der Waals surface area contributed by atoms with E-state index < -0.39 is 23.5 Å². The molecule has 2 N–H and O–H groups in total. The molecule has 0 fully saturated rings. The van der Waals surface area contributed by atoms with Gasteiger partial charge in [0.2, 0.25) is 0 Å². The minimum absolute atomic E-state index is 0.148. The first-order chi connectivity index (χ1) is 13.7. The molecule has 152 valence electrons. The zero-order chi connectivity index (χ0) is 21.5. The normalized spacial score (nSPS) is 13.4. The SMILES string of the molecule is CCC(C)C(C(=O)O)c1c(C)n(C(=S)c2ccc(C)cc2)c2cc(F)c(O)cc12. The molecule has 2 unspecified atom stereocenters. The highest BCUT2D eigenvalue weighted by atomic mass is 32.1. The number of aromatic nitrogens is 1. The summed E-state index contributed by atoms with van der Waals surface area (Å²) in [6, 6.07) is 10.2. The lowest BCUT2D eigenvalue weighted by atomic mass is 9.84. The number of phenolic OH excluding ortho intramolecular Hbond substituents is 1. The van der Waals surface area contributed by atoms with Crippen molar-refractivity contribution in [2.24, 2.45) is 5.92 Å². The first-order valence-corrected chi connectivity index (χ1v) is 9.95. The molecular formula is C23H24FNO3S. The van der Waals surface area contributed by atoms with Gasteiger partial charge in [-0.05, 0) is 31.4 Å². The Balaban J connectivity index is 2.35. The van der Waals surface area contributed by atoms with E-state index in [2.05, 4.69) is 0 Å². The fourth-order valence-corrected chi connectivity index (χ4v) is 4.19. The topological polar surface area (TPSA) is 62.5 Å². The minimum atomic E-state index is -0.952. The van der Waals surface area contributed by atoms with E-state index in [-0.39, 0.29) is 5.92 Å². The van der Waals surface area contributed by atoms with Gasteiger partial charge in [-0.2, -0.15) is 0 Å². The van der Waals surface area contributed by atoms with E-state index >= 15 is 0 Å². The highest BCUT2D eigenvalue weighted by molar-refractivity contribution is 7.80. The number of carbonyl (C=O) groups is 1. The molecule has 0 aliphatic rings. The van der Waals surface area contributed by atoms with Gasteiger partial charge in [-0.15, -0.1) is 0 Å². The lowest BCUT2D eigenvalue weighted by molar-refractivity contribution is -0.140. The molecule has 0 radical (unpaired) electrons. The third-order valence-corrected chi connectivity index (χ3v) is 6.03. The second-order valence-corrected chi connectivity index (χ2v) is 7.91. The maximum absolute atomic E-state index is 14.2. The Morgan fingerprint density at radius 3 is 2.38 bits per heavy atom. The lowest BCUT2D eigenvalue weighted by Gasteiger charge is -2.20. The van der Waals surface area contributed by atoms with Crippen LogP contribution in [0.1, 0.15) is 48.6 Å². The van der Waals surface area contributed by atoms with Gasteiger partial charge in [-0.25, -0.2) is 4.39 Å². The van der Waals surface area contributed by atoms with Gasteiger partial charge in [-0.1, -0.05) is 62.3 Å². The number of aromatic hydroxyl groups is 1. The molecule has 2 aromatic carbocycles. The van der Waals surface area contributed by atoms with Crippen LogP contribution in [0.4, 0.5) is 4.39 Å². The zero-order valence-electron chi connectivity index (χ0n) is 16.9. The summed E-state index contributed by atoms with van der Waals surface area (Å²) in [5, 5.41) is 20.4. The van der Waals surface area contributed by atoms with Crippen molar-refractivity contribution in [3.05, 3.63) is 64.6 Å². The molecule has 0 saturated heterocycles. The smallest absolute Gasteiger partial charge is 0.311 e. The van der Waals surface area contributed by atoms with Gasteiger partial charge in [0.25, 0.3) is 0 Å². The molecule has 0 aliphatic heterocycles. The summed E-state index contributed by atoms with van der Waals surface area (Å²) in [5.74, 6) is -3.18. The molecule has 6 heteroatoms. The summed E-state index contributed by atoms with van der Waals surface area (Å²) in [7, 11) is 0. The van der Waals surface area contributed by atoms with Gasteiger partial charge < -0.3 is 14.8 Å². The number of rotatable bonds is 5. The molecule has 3 rings (SSSR count). The van der Waals surface area contributed by atoms with Crippen LogP contribution in [0, 0.1) is 25.6 Å². The van der Waals surface area contributed by atoms with Crippen LogP contribution in [0.5, 0.6) is 5.75 Å². The highest BCUT2D eigenvalue weighted by Gasteiger charge is 2.32. The maximum atomic E-state index is 14.2. The number of carboxylic acids is 1. The quantitative estimate of drug-likeness (QED) is 0.539. The summed E-state index contributed by atoms with van der Waals surface area (Å²) in [6.07, 6.45) is 0.665. The van der Waals surface area contributed by atoms with Gasteiger partial charge in [0.05, 0.1) is 11.4 Å². The number of hydrogen-bond donors (Lipinski definition) is 2. The number of thiocarbonyl (C=S) groups is 1. The predicted molar refractivity (Wildman–Crippen MR) is 116 cm³/mol. The van der Waals surface area contributed by atoms with Crippen LogP contribution in [0.2, 0.25) is 0 Å². The molecule has 29 heavy (non-hydrogen) atoms. The molecule has 0 spiro atoms. The Morgan fingerprint density at radius 2 is 1.83 bits per heavy atom. The molecule has 0 saturated carbocycles. The monoisotopic (exact) mass is 413 g/mol. The molecule has 0 amide bonds. The van der Waals surface area contributed by atoms with Crippen LogP contribution in [-0.2, 0) is 4.79 Å². The maximum Gasteiger partial charge on any atom is 0.311 e. The van der Waals surface area contributed by atoms with Crippen molar-refractivity contribution in [3.8, 4) is 5.75 Å². The van der Waals surface area contributed by atoms with Gasteiger partial charge in [-0.3, -0.25) is 4.79 Å². The van der Waals surface area contributed by atoms with Gasteiger partial charge >= 0.3 is 5.97 Å². The second kappa shape index (κ2) is 7.95. The predicted octanol–water partition coefficient (Wildman–Crippen LogP) is 5.54. The van der Waals surface area contributed by atoms with E-state index in [1.165, 1.54) is 12.1 Å². The highest BCUT2D eigenvalue weighted by Crippen LogP contribution is 2.39. The lowest BCUT2D eigenvalue weighted by Crippen LogP contribution is -2.21. The average molecular weight is 414 g/mol. The Bertz CT molecular complexity index is 1100. The molecule has 4 nitrogen and oxygen atoms in total. The van der Waals surface area contributed by atoms with Crippen LogP contribution < -0.4 is 0 Å². The van der Waals surface area contributed by atoms with Crippen molar-refractivity contribution in [2.45, 2.75) is 40.0 Å². The van der Waals surface area contributed by atoms with Crippen LogP contribution in [-0.4, -0.2) is 25.7 Å². The minimum Gasteiger partial charge on any atom is -0.505 e. The number of phenols is 1. The van der Waals surface area contributed by atoms with Gasteiger partial charge in [0.1, 0.15) is 4.99 Å². The molecule has 0 aliphatic carbocycles. The van der Waals surface area contributed by atoms with E-state index in [9.17, 15) is 19.4 Å². The molecule has 1 aromatic heterocycles. The fraction of sp³-hybridized carbons (Fsp3) is 0.304. The number of hydrogen-bond acceptors (Lipinski definition) is 3. The number of carboxylic acid groups (broad SMARTS) is 1. The first kappa shape index (κ1) is 21.0. The first-order valence-electron chi connectivity index (χ1n) is 9.54. The molecular weight excluding hydrogens is 389 g/mol. The largest absolute Gasteiger partial charge is 0.505 e. The van der Waals surface area contributed by atoms with Crippen LogP contribution in [0.3, 0.4) is 0 Å². The van der Waals surface area contributed by atoms with Crippen molar-refractivity contribution in [3.63, 3.8) is 0 Å². The summed E-state index contributed by atoms with van der Waals surface area (Å²) in [4.78, 5) is 12.6. The Labute approximate surface area is 174 Å². The number of aryl methyl sites for hydroxylation is 1. The van der Waals surface area contributed by atoms with Crippen molar-refractivity contribution >= 4 is 34.1 Å². The van der Waals surface area contributed by atoms with E-state index in [0.717, 1.165) is 11.1 Å². The fourth-order valence-electron chi connectivity index (χ4n) is 3.81. The van der Waals surface area contributed by atoms with Crippen molar-refractivity contribution in [2.75, 3.05) is 0 Å². The van der Waals surface area contributed by atoms with E-state index in [1.54, 1.807) is 11.5 Å². The third kappa shape index (κ3) is 3.65. The molecule has 2 atom stereocenters. The number of aliphatic carboxylic acids is 1. The third-order valence-electron chi connectivity index (χ3n) is 5.61. The summed E-state index contributed by atoms with van der Waals surface area (Å²) in [6.45, 7) is 7.58. The van der Waals surface area contributed by atoms with Crippen molar-refractivity contribution in [1.82, 2.24) is 4.57 Å². The summed E-state index contributed by atoms with van der Waals surface area (Å²) in [5.41, 5.74) is 3.52. The number of nitrogens with zero attached hydrogens (tertiary/aromatic N) is 1. The van der Waals surface area contributed by atoms with E-state index in [0.29, 0.717) is 33.6 Å². The Kier molecular flexibility index (Phi) is 5.75. The van der Waals surface area contributed by atoms with Crippen molar-refractivity contribution < 1.29 is 19.4 Å². The Morgan fingerprint density at radius 1 is 1.21 bits per heavy atom. The average Bonchev–Trinajstić information content (AvgIpc) is 2.93. The summed E-state index contributed by atoms with van der Waals surface area (Å²) < 4.78 is 16.0. The summed E-state index contributed by atoms with van der Waals surface area (Å²) >= 11 is 5.71. The zero-order valence-corrected chi connectivity index (χ0v) is 17.7. The van der Waals surface area contributed by atoms with Crippen LogP contribution >= 0.6 is 12.2 Å². The Hall–Kier alpha value is -2.73. The van der Waals surface area contributed by atoms with E-state index in [4.69, 9.17) is 12.2 Å². The number of benzene rings is 2. The standard InChI is InChI=1S/C23H24FNO3S/c1-5-13(3)20(23(27)28)21-14(4)25(18-11-17(24)19(26)10-16(18)21)22(29)15-8-6-12(2)7-9-15/h6-11,13,20,26H,5H2,1-4H3,(H,27,28). The van der Waals surface area contributed by atoms with Gasteiger partial charge in [0.15, 0.2) is 11.6 Å². The van der Waals surface area contributed by atoms with Gasteiger partial charge in [0, 0.05) is 22.7 Å². The van der Waals surface area contributed by atoms with Crippen LogP contribution in [0.25, 0.3) is 10.9 Å². The second-order valence-electron chi connectivity index (χ2n) is 7.53. The number of halogens is 1. The van der Waals surface area contributed by atoms with Crippen LogP contribution in [0.15, 0.2) is 36.4 Å². The molecule has 1 heterocycles. The molecule has 0 bridgehead atoms. The van der Waals surface area contributed by atoms with Crippen molar-refractivity contribution in [1.29, 1.82) is 0 Å². The van der Waals surface area contributed by atoms with E-state index in [1.807, 2.05) is 45.0 Å². The number of fused-ring (bicyclic) bond motifs is 1. The molecule has 3 aromatic rings.